The number of phenols is 1. The second-order valence-electron chi connectivity index (χ2n) is 15.5. The monoisotopic (exact) mass is 846 g/mol. The van der Waals surface area contributed by atoms with E-state index in [0.29, 0.717) is 24.9 Å². The van der Waals surface area contributed by atoms with Gasteiger partial charge < -0.3 is 64.4 Å². The van der Waals surface area contributed by atoms with Gasteiger partial charge in [-0.3, -0.25) is 43.3 Å². The smallest absolute Gasteiger partial charge is 0.303 e. The number of hydrogen-bond donors (Lipinski definition) is 11. The number of phenolic OH excluding ortho intramolecular Hbond substituents is 1. The standard InChI is InChI=1S/C39H62N10O11/c1-20(2)17-29(36(58)45-21(3)33(41)55)48-37(59)30(12-13-32(53)54)49-16-14-27(38(49)60)46-34(56)25(22(4)50)19-31(52)28(18-23-8-10-24(51)11-9-23)47-35(57)26(40)7-5-6-15-44-39(42)43/h8-11,20-22,25-30,50-51H,5-7,12-19,40H2,1-4H3,(H2,41,55)(H,45,58)(H,46,56)(H,47,57)(H,48,59)(H,53,54)(H4,42,43,44)/t21-,22-,25-,26-,27?,28-,29-,30-/m1/s1. The van der Waals surface area contributed by atoms with Crippen molar-refractivity contribution in [3.8, 4) is 5.75 Å². The number of primary amides is 1. The van der Waals surface area contributed by atoms with Crippen LogP contribution in [0.4, 0.5) is 0 Å². The summed E-state index contributed by atoms with van der Waals surface area (Å²) in [5, 5.41) is 40.1. The molecule has 1 saturated heterocycles. The number of carbonyl (C=O) groups excluding carboxylic acids is 7. The first kappa shape index (κ1) is 50.3. The number of nitrogens with one attached hydrogen (secondary N) is 4. The summed E-state index contributed by atoms with van der Waals surface area (Å²) < 4.78 is 0. The van der Waals surface area contributed by atoms with E-state index in [-0.39, 0.29) is 56.3 Å². The third-order valence-corrected chi connectivity index (χ3v) is 9.97. The predicted octanol–water partition coefficient (Wildman–Crippen LogP) is -2.38. The average molecular weight is 847 g/mol. The van der Waals surface area contributed by atoms with Crippen LogP contribution in [0.5, 0.6) is 5.75 Å². The Hall–Kier alpha value is -5.83. The number of aliphatic hydroxyl groups excluding tert-OH is 1. The number of aliphatic hydroxyl groups is 1. The van der Waals surface area contributed by atoms with Crippen molar-refractivity contribution in [2.45, 2.75) is 128 Å². The SMILES string of the molecule is CC(C)C[C@@H](NC(=O)[C@@H](CCC(=O)O)N1CCC(NC(=O)[C@H](CC(=O)[C@@H](Cc2ccc(O)cc2)NC(=O)[C@H](N)CCCCN=C(N)N)[C@@H](C)O)C1=O)C(=O)N[C@H](C)C(N)=O. The van der Waals surface area contributed by atoms with E-state index in [9.17, 15) is 53.7 Å². The number of guanidine groups is 1. The van der Waals surface area contributed by atoms with Crippen LogP contribution in [0.2, 0.25) is 0 Å². The second-order valence-corrected chi connectivity index (χ2v) is 15.5. The molecule has 1 unspecified atom stereocenters. The summed E-state index contributed by atoms with van der Waals surface area (Å²) in [4.78, 5) is 109. The van der Waals surface area contributed by atoms with Gasteiger partial charge in [0.2, 0.25) is 35.4 Å². The summed E-state index contributed by atoms with van der Waals surface area (Å²) in [6, 6.07) is -1.11. The van der Waals surface area contributed by atoms with Crippen LogP contribution >= 0.6 is 0 Å². The fourth-order valence-corrected chi connectivity index (χ4v) is 6.52. The summed E-state index contributed by atoms with van der Waals surface area (Å²) in [5.74, 6) is -8.06. The molecule has 0 radical (unpaired) electrons. The maximum Gasteiger partial charge on any atom is 0.303 e. The molecule has 0 aliphatic carbocycles. The number of aliphatic imine (C=N–C) groups is 1. The molecule has 6 amide bonds. The van der Waals surface area contributed by atoms with Gasteiger partial charge in [0.1, 0.15) is 29.9 Å². The largest absolute Gasteiger partial charge is 0.508 e. The minimum absolute atomic E-state index is 0.0166. The molecular formula is C39H62N10O11. The molecule has 21 nitrogen and oxygen atoms in total. The molecule has 1 fully saturated rings. The fourth-order valence-electron chi connectivity index (χ4n) is 6.52. The molecule has 334 valence electrons. The number of benzene rings is 1. The maximum absolute atomic E-state index is 13.8. The number of aromatic hydroxyl groups is 1. The first-order valence-electron chi connectivity index (χ1n) is 19.9. The van der Waals surface area contributed by atoms with E-state index < -0.39 is 108 Å². The van der Waals surface area contributed by atoms with Gasteiger partial charge in [-0.1, -0.05) is 26.0 Å². The molecule has 1 aliphatic rings. The molecule has 2 rings (SSSR count). The molecule has 0 spiro atoms. The molecule has 60 heavy (non-hydrogen) atoms. The van der Waals surface area contributed by atoms with E-state index in [1.165, 1.54) is 26.0 Å². The summed E-state index contributed by atoms with van der Waals surface area (Å²) in [7, 11) is 0. The highest BCUT2D eigenvalue weighted by Gasteiger charge is 2.42. The van der Waals surface area contributed by atoms with E-state index >= 15 is 0 Å². The third kappa shape index (κ3) is 16.8. The van der Waals surface area contributed by atoms with Gasteiger partial charge >= 0.3 is 5.97 Å². The van der Waals surface area contributed by atoms with Gasteiger partial charge in [-0.05, 0) is 82.4 Å². The molecule has 0 aromatic heterocycles. The first-order chi connectivity index (χ1) is 28.1. The molecule has 0 saturated carbocycles. The van der Waals surface area contributed by atoms with Crippen LogP contribution < -0.4 is 44.2 Å². The minimum Gasteiger partial charge on any atom is -0.508 e. The lowest BCUT2D eigenvalue weighted by molar-refractivity contribution is -0.143. The highest BCUT2D eigenvalue weighted by molar-refractivity contribution is 5.98. The Balaban J connectivity index is 2.24. The number of hydrogen-bond acceptors (Lipinski definition) is 12. The number of Topliss-reactive ketones (excluding diaryl/α,β-unsaturated/α-hetero) is 1. The molecule has 1 heterocycles. The molecule has 1 aromatic carbocycles. The summed E-state index contributed by atoms with van der Waals surface area (Å²) >= 11 is 0. The molecule has 1 aliphatic heterocycles. The minimum atomic E-state index is -1.41. The lowest BCUT2D eigenvalue weighted by Crippen LogP contribution is -2.57. The van der Waals surface area contributed by atoms with Crippen molar-refractivity contribution in [3.05, 3.63) is 29.8 Å². The van der Waals surface area contributed by atoms with E-state index in [0.717, 1.165) is 4.90 Å². The van der Waals surface area contributed by atoms with Crippen molar-refractivity contribution < 1.29 is 53.7 Å². The number of carboxylic acids is 1. The average Bonchev–Trinajstić information content (AvgIpc) is 3.51. The van der Waals surface area contributed by atoms with Gasteiger partial charge in [-0.15, -0.1) is 0 Å². The van der Waals surface area contributed by atoms with Crippen molar-refractivity contribution in [1.29, 1.82) is 0 Å². The molecule has 21 heteroatoms. The molecule has 8 atom stereocenters. The van der Waals surface area contributed by atoms with Crippen molar-refractivity contribution in [2.75, 3.05) is 13.1 Å². The summed E-state index contributed by atoms with van der Waals surface area (Å²) in [6.07, 6.45) is -1.45. The Bertz CT molecular complexity index is 1700. The number of unbranched alkanes of at least 4 members (excludes halogenated alkanes) is 1. The van der Waals surface area contributed by atoms with Gasteiger partial charge in [-0.25, -0.2) is 0 Å². The molecule has 1 aromatic rings. The Morgan fingerprint density at radius 1 is 0.867 bits per heavy atom. The zero-order valence-corrected chi connectivity index (χ0v) is 34.6. The van der Waals surface area contributed by atoms with Gasteiger partial charge in [0.15, 0.2) is 11.7 Å². The Morgan fingerprint density at radius 3 is 2.07 bits per heavy atom. The van der Waals surface area contributed by atoms with Gasteiger partial charge in [-0.2, -0.15) is 0 Å². The normalized spacial score (nSPS) is 17.3. The zero-order valence-electron chi connectivity index (χ0n) is 34.6. The van der Waals surface area contributed by atoms with Crippen LogP contribution in [0.15, 0.2) is 29.3 Å². The van der Waals surface area contributed by atoms with Crippen LogP contribution in [0.1, 0.15) is 84.6 Å². The molecular weight excluding hydrogens is 784 g/mol. The van der Waals surface area contributed by atoms with Gasteiger partial charge in [0, 0.05) is 25.9 Å². The highest BCUT2D eigenvalue weighted by atomic mass is 16.4. The van der Waals surface area contributed by atoms with E-state index in [4.69, 9.17) is 22.9 Å². The molecule has 15 N–H and O–H groups in total. The van der Waals surface area contributed by atoms with Crippen LogP contribution in [0, 0.1) is 11.8 Å². The Labute approximate surface area is 348 Å². The van der Waals surface area contributed by atoms with Crippen LogP contribution in [-0.2, 0) is 44.8 Å². The van der Waals surface area contributed by atoms with Crippen molar-refractivity contribution in [3.63, 3.8) is 0 Å². The van der Waals surface area contributed by atoms with Gasteiger partial charge in [0.25, 0.3) is 0 Å². The number of nitrogens with two attached hydrogens (primary N) is 4. The molecule has 0 bridgehead atoms. The summed E-state index contributed by atoms with van der Waals surface area (Å²) in [5.41, 5.74) is 22.6. The lowest BCUT2D eigenvalue weighted by Gasteiger charge is -2.30. The van der Waals surface area contributed by atoms with Crippen LogP contribution in [-0.4, -0.2) is 129 Å². The number of rotatable bonds is 26. The number of nitrogens with zero attached hydrogens (tertiary/aromatic N) is 2. The zero-order chi connectivity index (χ0) is 45.3. The number of carboxylic acid groups (broad SMARTS) is 1. The maximum atomic E-state index is 13.8. The predicted molar refractivity (Wildman–Crippen MR) is 218 cm³/mol. The van der Waals surface area contributed by atoms with Crippen LogP contribution in [0.3, 0.4) is 0 Å². The van der Waals surface area contributed by atoms with E-state index in [2.05, 4.69) is 26.3 Å². The number of ketones is 1. The van der Waals surface area contributed by atoms with E-state index in [1.807, 2.05) is 0 Å². The quantitative estimate of drug-likeness (QED) is 0.0264. The second kappa shape index (κ2) is 24.3. The van der Waals surface area contributed by atoms with Crippen molar-refractivity contribution in [1.82, 2.24) is 26.2 Å². The Kier molecular flexibility index (Phi) is 20.4. The van der Waals surface area contributed by atoms with Crippen molar-refractivity contribution >= 4 is 53.2 Å². The summed E-state index contributed by atoms with van der Waals surface area (Å²) in [6.45, 7) is 6.49. The van der Waals surface area contributed by atoms with Crippen molar-refractivity contribution in [2.24, 2.45) is 39.8 Å². The number of likely N-dealkylation sites (tertiary alicyclic amines) is 1. The number of aliphatic carboxylic acids is 1. The number of carbonyl (C=O) groups is 8. The van der Waals surface area contributed by atoms with E-state index in [1.54, 1.807) is 26.0 Å². The topological polar surface area (TPSA) is 365 Å². The fraction of sp³-hybridized carbons (Fsp3) is 0.615. The highest BCUT2D eigenvalue weighted by Crippen LogP contribution is 2.22. The van der Waals surface area contributed by atoms with Crippen LogP contribution in [0.25, 0.3) is 0 Å². The third-order valence-electron chi connectivity index (χ3n) is 9.97. The van der Waals surface area contributed by atoms with Gasteiger partial charge in [0.05, 0.1) is 24.1 Å². The first-order valence-corrected chi connectivity index (χ1v) is 19.9. The lowest BCUT2D eigenvalue weighted by atomic mass is 9.90. The number of amides is 6. The Morgan fingerprint density at radius 2 is 1.50 bits per heavy atom.